The summed E-state index contributed by atoms with van der Waals surface area (Å²) in [6.45, 7) is 2.41. The molecule has 3 aliphatic carbocycles. The Balaban J connectivity index is 1.90. The molecule has 3 rings (SSSR count). The van der Waals surface area contributed by atoms with E-state index in [1.165, 1.54) is 38.5 Å². The predicted octanol–water partition coefficient (Wildman–Crippen LogP) is 2.55. The second kappa shape index (κ2) is 2.50. The molecule has 0 amide bonds. The van der Waals surface area contributed by atoms with Gasteiger partial charge in [-0.2, -0.15) is 0 Å². The first kappa shape index (κ1) is 8.28. The molecule has 0 heterocycles. The van der Waals surface area contributed by atoms with Crippen molar-refractivity contribution in [3.05, 3.63) is 0 Å². The van der Waals surface area contributed by atoms with Gasteiger partial charge in [-0.05, 0) is 55.3 Å². The van der Waals surface area contributed by atoms with Gasteiger partial charge in [0.2, 0.25) is 0 Å². The Bertz CT molecular complexity index is 221. The maximum absolute atomic E-state index is 6.42. The number of fused-ring (bicyclic) bond motifs is 3. The van der Waals surface area contributed by atoms with Crippen molar-refractivity contribution in [2.45, 2.75) is 51.5 Å². The Kier molecular flexibility index (Phi) is 1.59. The summed E-state index contributed by atoms with van der Waals surface area (Å²) in [6.07, 6.45) is 8.71. The molecule has 3 saturated carbocycles. The van der Waals surface area contributed by atoms with E-state index >= 15 is 0 Å². The molecule has 0 saturated heterocycles. The van der Waals surface area contributed by atoms with Gasteiger partial charge in [0.15, 0.2) is 0 Å². The Morgan fingerprint density at radius 1 is 1.23 bits per heavy atom. The molecule has 1 nitrogen and oxygen atoms in total. The molecule has 0 unspecified atom stereocenters. The van der Waals surface area contributed by atoms with Crippen molar-refractivity contribution < 1.29 is 0 Å². The predicted molar refractivity (Wildman–Crippen MR) is 54.3 cm³/mol. The van der Waals surface area contributed by atoms with Crippen LogP contribution in [0.5, 0.6) is 0 Å². The van der Waals surface area contributed by atoms with Crippen LogP contribution in [-0.4, -0.2) is 6.04 Å². The highest BCUT2D eigenvalue weighted by atomic mass is 14.8. The van der Waals surface area contributed by atoms with E-state index in [0.29, 0.717) is 11.5 Å². The van der Waals surface area contributed by atoms with Gasteiger partial charge in [-0.3, -0.25) is 0 Å². The first-order valence-electron chi connectivity index (χ1n) is 5.98. The lowest BCUT2D eigenvalue weighted by Gasteiger charge is -2.39. The molecule has 74 valence electrons. The Morgan fingerprint density at radius 2 is 2.08 bits per heavy atom. The van der Waals surface area contributed by atoms with Gasteiger partial charge in [-0.25, -0.2) is 0 Å². The van der Waals surface area contributed by atoms with Crippen LogP contribution in [0.25, 0.3) is 0 Å². The van der Waals surface area contributed by atoms with Crippen LogP contribution >= 0.6 is 0 Å². The molecular formula is C12H21N. The van der Waals surface area contributed by atoms with E-state index in [-0.39, 0.29) is 0 Å². The minimum atomic E-state index is 0.566. The third kappa shape index (κ3) is 0.918. The minimum Gasteiger partial charge on any atom is -0.327 e. The molecule has 1 spiro atoms. The largest absolute Gasteiger partial charge is 0.327 e. The van der Waals surface area contributed by atoms with E-state index in [2.05, 4.69) is 6.92 Å². The maximum Gasteiger partial charge on any atom is 0.0127 e. The lowest BCUT2D eigenvalue weighted by Crippen LogP contribution is -2.44. The van der Waals surface area contributed by atoms with Crippen molar-refractivity contribution in [2.24, 2.45) is 28.9 Å². The third-order valence-electron chi connectivity index (χ3n) is 5.29. The fraction of sp³-hybridized carbons (Fsp3) is 1.00. The summed E-state index contributed by atoms with van der Waals surface area (Å²) in [4.78, 5) is 0. The van der Waals surface area contributed by atoms with Crippen LogP contribution in [0.15, 0.2) is 0 Å². The zero-order valence-electron chi connectivity index (χ0n) is 8.63. The summed E-state index contributed by atoms with van der Waals surface area (Å²) in [5, 5.41) is 0. The third-order valence-corrected chi connectivity index (χ3v) is 5.29. The summed E-state index contributed by atoms with van der Waals surface area (Å²) >= 11 is 0. The average Bonchev–Trinajstić information content (AvgIpc) is 2.73. The molecular weight excluding hydrogens is 158 g/mol. The standard InChI is InChI=1S/C12H21N/c1-8-4-5-12(7-8)10-3-2-9(6-10)11(12)13/h8-11H,2-7,13H2,1H3/t8-,9+,10-,11+,12+/m0/s1. The molecule has 13 heavy (non-hydrogen) atoms. The van der Waals surface area contributed by atoms with Crippen molar-refractivity contribution in [1.82, 2.24) is 0 Å². The van der Waals surface area contributed by atoms with E-state index in [1.807, 2.05) is 0 Å². The summed E-state index contributed by atoms with van der Waals surface area (Å²) in [5.74, 6) is 2.86. The lowest BCUT2D eigenvalue weighted by molar-refractivity contribution is 0.134. The van der Waals surface area contributed by atoms with Crippen LogP contribution in [-0.2, 0) is 0 Å². The second-order valence-electron chi connectivity index (χ2n) is 5.88. The topological polar surface area (TPSA) is 26.0 Å². The summed E-state index contributed by atoms with van der Waals surface area (Å²) in [5.41, 5.74) is 7.04. The van der Waals surface area contributed by atoms with E-state index in [4.69, 9.17) is 5.73 Å². The van der Waals surface area contributed by atoms with Crippen LogP contribution in [0, 0.1) is 23.2 Å². The molecule has 5 atom stereocenters. The van der Waals surface area contributed by atoms with Crippen molar-refractivity contribution in [3.8, 4) is 0 Å². The smallest absolute Gasteiger partial charge is 0.0127 e. The Hall–Kier alpha value is -0.0400. The van der Waals surface area contributed by atoms with Crippen LogP contribution in [0.3, 0.4) is 0 Å². The van der Waals surface area contributed by atoms with Gasteiger partial charge < -0.3 is 5.73 Å². The molecule has 0 radical (unpaired) electrons. The van der Waals surface area contributed by atoms with E-state index < -0.39 is 0 Å². The fourth-order valence-electron chi connectivity index (χ4n) is 4.65. The molecule has 3 fully saturated rings. The molecule has 2 bridgehead atoms. The first-order valence-corrected chi connectivity index (χ1v) is 5.98. The number of nitrogens with two attached hydrogens (primary N) is 1. The quantitative estimate of drug-likeness (QED) is 0.607. The molecule has 3 aliphatic rings. The monoisotopic (exact) mass is 179 g/mol. The van der Waals surface area contributed by atoms with E-state index in [0.717, 1.165) is 17.8 Å². The van der Waals surface area contributed by atoms with Gasteiger partial charge in [0, 0.05) is 6.04 Å². The SMILES string of the molecule is C[C@H]1CC[C@@]2(C1)[C@H]1CC[C@H](C1)[C@H]2N. The highest BCUT2D eigenvalue weighted by molar-refractivity contribution is 5.10. The van der Waals surface area contributed by atoms with E-state index in [1.54, 1.807) is 0 Å². The summed E-state index contributed by atoms with van der Waals surface area (Å²) < 4.78 is 0. The Morgan fingerprint density at radius 3 is 2.62 bits per heavy atom. The van der Waals surface area contributed by atoms with Crippen LogP contribution < -0.4 is 5.73 Å². The van der Waals surface area contributed by atoms with Crippen molar-refractivity contribution >= 4 is 0 Å². The van der Waals surface area contributed by atoms with Gasteiger partial charge in [0.25, 0.3) is 0 Å². The highest BCUT2D eigenvalue weighted by Gasteiger charge is 2.58. The van der Waals surface area contributed by atoms with Gasteiger partial charge >= 0.3 is 0 Å². The summed E-state index contributed by atoms with van der Waals surface area (Å²) in [6, 6.07) is 0.566. The van der Waals surface area contributed by atoms with Gasteiger partial charge in [-0.1, -0.05) is 13.3 Å². The molecule has 0 aromatic carbocycles. The van der Waals surface area contributed by atoms with Gasteiger partial charge in [0.1, 0.15) is 0 Å². The van der Waals surface area contributed by atoms with Crippen molar-refractivity contribution in [3.63, 3.8) is 0 Å². The zero-order valence-corrected chi connectivity index (χ0v) is 8.63. The van der Waals surface area contributed by atoms with Gasteiger partial charge in [-0.15, -0.1) is 0 Å². The molecule has 2 N–H and O–H groups in total. The number of hydrogen-bond donors (Lipinski definition) is 1. The second-order valence-corrected chi connectivity index (χ2v) is 5.88. The molecule has 0 aliphatic heterocycles. The number of rotatable bonds is 0. The van der Waals surface area contributed by atoms with Gasteiger partial charge in [0.05, 0.1) is 0 Å². The highest BCUT2D eigenvalue weighted by Crippen LogP contribution is 2.62. The fourth-order valence-corrected chi connectivity index (χ4v) is 4.65. The van der Waals surface area contributed by atoms with Crippen LogP contribution in [0.4, 0.5) is 0 Å². The van der Waals surface area contributed by atoms with Crippen molar-refractivity contribution in [1.29, 1.82) is 0 Å². The molecule has 0 aromatic rings. The maximum atomic E-state index is 6.42. The molecule has 0 aromatic heterocycles. The number of hydrogen-bond acceptors (Lipinski definition) is 1. The minimum absolute atomic E-state index is 0.566. The normalized spacial score (nSPS) is 59.5. The Labute approximate surface area is 81.1 Å². The molecule has 1 heteroatoms. The van der Waals surface area contributed by atoms with Crippen LogP contribution in [0.2, 0.25) is 0 Å². The van der Waals surface area contributed by atoms with Crippen LogP contribution in [0.1, 0.15) is 45.4 Å². The average molecular weight is 179 g/mol. The summed E-state index contributed by atoms with van der Waals surface area (Å²) in [7, 11) is 0. The lowest BCUT2D eigenvalue weighted by atomic mass is 9.68. The zero-order chi connectivity index (χ0) is 9.05. The van der Waals surface area contributed by atoms with E-state index in [9.17, 15) is 0 Å². The van der Waals surface area contributed by atoms with Crippen molar-refractivity contribution in [2.75, 3.05) is 0 Å². The first-order chi connectivity index (χ1) is 6.22.